The van der Waals surface area contributed by atoms with Crippen molar-refractivity contribution in [2.45, 2.75) is 32.6 Å². The number of nitrogens with zero attached hydrogens (tertiary/aromatic N) is 2. The van der Waals surface area contributed by atoms with E-state index in [1.807, 2.05) is 13.2 Å². The van der Waals surface area contributed by atoms with E-state index in [9.17, 15) is 0 Å². The lowest BCUT2D eigenvalue weighted by Gasteiger charge is -1.91. The van der Waals surface area contributed by atoms with Gasteiger partial charge < -0.3 is 5.11 Å². The molecule has 1 aromatic heterocycles. The molecule has 0 aliphatic carbocycles. The molecular weight excluding hydrogens is 188 g/mol. The van der Waals surface area contributed by atoms with Crippen molar-refractivity contribution in [3.8, 4) is 11.8 Å². The third kappa shape index (κ3) is 3.77. The topological polar surface area (TPSA) is 38.0 Å². The van der Waals surface area contributed by atoms with Gasteiger partial charge in [-0.2, -0.15) is 5.10 Å². The SMILES string of the molecule is CCCc1nn(C)cc1C#CCCCO. The van der Waals surface area contributed by atoms with Gasteiger partial charge >= 0.3 is 0 Å². The summed E-state index contributed by atoms with van der Waals surface area (Å²) in [6.45, 7) is 2.35. The Balaban J connectivity index is 2.68. The summed E-state index contributed by atoms with van der Waals surface area (Å²) in [5.41, 5.74) is 2.11. The van der Waals surface area contributed by atoms with E-state index < -0.39 is 0 Å². The van der Waals surface area contributed by atoms with E-state index in [1.54, 1.807) is 4.68 Å². The molecule has 0 bridgehead atoms. The highest BCUT2D eigenvalue weighted by Gasteiger charge is 2.03. The predicted molar refractivity (Wildman–Crippen MR) is 60.4 cm³/mol. The van der Waals surface area contributed by atoms with E-state index in [4.69, 9.17) is 5.11 Å². The standard InChI is InChI=1S/C12H18N2O/c1-3-7-12-11(10-14(2)13-12)8-5-4-6-9-15/h10,15H,3-4,6-7,9H2,1-2H3. The molecule has 1 heterocycles. The van der Waals surface area contributed by atoms with Gasteiger partial charge in [0.15, 0.2) is 0 Å². The minimum atomic E-state index is 0.212. The molecule has 0 aromatic carbocycles. The maximum Gasteiger partial charge on any atom is 0.0780 e. The second kappa shape index (κ2) is 6.26. The number of hydrogen-bond acceptors (Lipinski definition) is 2. The zero-order chi connectivity index (χ0) is 11.1. The first-order chi connectivity index (χ1) is 7.27. The number of aliphatic hydroxyl groups is 1. The van der Waals surface area contributed by atoms with Crippen LogP contribution in [0.2, 0.25) is 0 Å². The highest BCUT2D eigenvalue weighted by molar-refractivity contribution is 5.36. The van der Waals surface area contributed by atoms with E-state index in [-0.39, 0.29) is 6.61 Å². The van der Waals surface area contributed by atoms with E-state index in [2.05, 4.69) is 23.9 Å². The summed E-state index contributed by atoms with van der Waals surface area (Å²) in [7, 11) is 1.91. The number of rotatable bonds is 4. The smallest absolute Gasteiger partial charge is 0.0780 e. The van der Waals surface area contributed by atoms with Crippen molar-refractivity contribution >= 4 is 0 Å². The van der Waals surface area contributed by atoms with Crippen LogP contribution in [0.25, 0.3) is 0 Å². The number of aryl methyl sites for hydroxylation is 2. The Bertz CT molecular complexity index is 357. The minimum Gasteiger partial charge on any atom is -0.396 e. The monoisotopic (exact) mass is 206 g/mol. The Labute approximate surface area is 91.1 Å². The van der Waals surface area contributed by atoms with Gasteiger partial charge in [0.05, 0.1) is 11.3 Å². The van der Waals surface area contributed by atoms with Crippen LogP contribution >= 0.6 is 0 Å². The quantitative estimate of drug-likeness (QED) is 0.599. The van der Waals surface area contributed by atoms with Gasteiger partial charge in [-0.3, -0.25) is 4.68 Å². The van der Waals surface area contributed by atoms with Gasteiger partial charge in [-0.15, -0.1) is 0 Å². The highest BCUT2D eigenvalue weighted by Crippen LogP contribution is 2.07. The summed E-state index contributed by atoms with van der Waals surface area (Å²) in [6, 6.07) is 0. The van der Waals surface area contributed by atoms with Crippen LogP contribution in [-0.4, -0.2) is 21.5 Å². The van der Waals surface area contributed by atoms with E-state index in [1.165, 1.54) is 0 Å². The second-order valence-corrected chi connectivity index (χ2v) is 3.54. The first kappa shape index (κ1) is 11.8. The Hall–Kier alpha value is -1.27. The number of aliphatic hydroxyl groups excluding tert-OH is 1. The predicted octanol–water partition coefficient (Wildman–Crippen LogP) is 1.50. The third-order valence-corrected chi connectivity index (χ3v) is 2.08. The fourth-order valence-electron chi connectivity index (χ4n) is 1.39. The largest absolute Gasteiger partial charge is 0.396 e. The summed E-state index contributed by atoms with van der Waals surface area (Å²) < 4.78 is 1.81. The van der Waals surface area contributed by atoms with Gasteiger partial charge in [-0.25, -0.2) is 0 Å². The first-order valence-corrected chi connectivity index (χ1v) is 5.40. The van der Waals surface area contributed by atoms with Gasteiger partial charge in [0.2, 0.25) is 0 Å². The lowest BCUT2D eigenvalue weighted by Crippen LogP contribution is -1.90. The van der Waals surface area contributed by atoms with Crippen LogP contribution < -0.4 is 0 Å². The molecular formula is C12H18N2O. The van der Waals surface area contributed by atoms with Gasteiger partial charge in [-0.05, 0) is 12.8 Å². The highest BCUT2D eigenvalue weighted by atomic mass is 16.2. The zero-order valence-electron chi connectivity index (χ0n) is 9.45. The molecule has 82 valence electrons. The van der Waals surface area contributed by atoms with Gasteiger partial charge in [-0.1, -0.05) is 25.2 Å². The van der Waals surface area contributed by atoms with Crippen LogP contribution in [0.4, 0.5) is 0 Å². The van der Waals surface area contributed by atoms with Crippen molar-refractivity contribution < 1.29 is 5.11 Å². The molecule has 1 N–H and O–H groups in total. The molecule has 0 atom stereocenters. The molecule has 3 heteroatoms. The van der Waals surface area contributed by atoms with Crippen molar-refractivity contribution in [3.63, 3.8) is 0 Å². The van der Waals surface area contributed by atoms with Crippen LogP contribution in [0.5, 0.6) is 0 Å². The zero-order valence-corrected chi connectivity index (χ0v) is 9.45. The summed E-state index contributed by atoms with van der Waals surface area (Å²) in [4.78, 5) is 0. The molecule has 0 amide bonds. The van der Waals surface area contributed by atoms with Crippen molar-refractivity contribution in [3.05, 3.63) is 17.5 Å². The van der Waals surface area contributed by atoms with Crippen molar-refractivity contribution in [1.82, 2.24) is 9.78 Å². The molecule has 0 unspecified atom stereocenters. The Morgan fingerprint density at radius 2 is 2.33 bits per heavy atom. The number of unbranched alkanes of at least 4 members (excludes halogenated alkanes) is 1. The molecule has 3 nitrogen and oxygen atoms in total. The maximum absolute atomic E-state index is 8.62. The molecule has 0 saturated heterocycles. The van der Waals surface area contributed by atoms with Gasteiger partial charge in [0.25, 0.3) is 0 Å². The lowest BCUT2D eigenvalue weighted by molar-refractivity contribution is 0.290. The summed E-state index contributed by atoms with van der Waals surface area (Å²) >= 11 is 0. The van der Waals surface area contributed by atoms with E-state index in [0.29, 0.717) is 0 Å². The van der Waals surface area contributed by atoms with Crippen molar-refractivity contribution in [1.29, 1.82) is 0 Å². The maximum atomic E-state index is 8.62. The summed E-state index contributed by atoms with van der Waals surface area (Å²) in [5, 5.41) is 13.0. The third-order valence-electron chi connectivity index (χ3n) is 2.08. The molecule has 0 radical (unpaired) electrons. The Morgan fingerprint density at radius 3 is 3.00 bits per heavy atom. The summed E-state index contributed by atoms with van der Waals surface area (Å²) in [5.74, 6) is 6.16. The Morgan fingerprint density at radius 1 is 1.53 bits per heavy atom. The average molecular weight is 206 g/mol. The number of aromatic nitrogens is 2. The molecule has 1 aromatic rings. The molecule has 0 fully saturated rings. The number of hydrogen-bond donors (Lipinski definition) is 1. The van der Waals surface area contributed by atoms with E-state index in [0.717, 1.165) is 36.9 Å². The molecule has 0 saturated carbocycles. The van der Waals surface area contributed by atoms with Crippen LogP contribution in [0, 0.1) is 11.8 Å². The molecule has 0 aliphatic heterocycles. The average Bonchev–Trinajstić information content (AvgIpc) is 2.55. The first-order valence-electron chi connectivity index (χ1n) is 5.40. The Kier molecular flexibility index (Phi) is 4.92. The molecule has 0 aliphatic rings. The fourth-order valence-corrected chi connectivity index (χ4v) is 1.39. The normalized spacial score (nSPS) is 9.80. The van der Waals surface area contributed by atoms with Crippen molar-refractivity contribution in [2.75, 3.05) is 6.61 Å². The van der Waals surface area contributed by atoms with Gasteiger partial charge in [0.1, 0.15) is 0 Å². The fraction of sp³-hybridized carbons (Fsp3) is 0.583. The van der Waals surface area contributed by atoms with Crippen LogP contribution in [0.3, 0.4) is 0 Å². The van der Waals surface area contributed by atoms with Crippen LogP contribution in [0.15, 0.2) is 6.20 Å². The molecule has 1 rings (SSSR count). The van der Waals surface area contributed by atoms with Crippen LogP contribution in [0.1, 0.15) is 37.4 Å². The summed E-state index contributed by atoms with van der Waals surface area (Å²) in [6.07, 6.45) is 5.51. The minimum absolute atomic E-state index is 0.212. The van der Waals surface area contributed by atoms with Gasteiger partial charge in [0, 0.05) is 26.3 Å². The van der Waals surface area contributed by atoms with Crippen LogP contribution in [-0.2, 0) is 13.5 Å². The molecule has 15 heavy (non-hydrogen) atoms. The van der Waals surface area contributed by atoms with Crippen molar-refractivity contribution in [2.24, 2.45) is 7.05 Å². The van der Waals surface area contributed by atoms with E-state index >= 15 is 0 Å². The molecule has 0 spiro atoms. The lowest BCUT2D eigenvalue weighted by atomic mass is 10.1. The second-order valence-electron chi connectivity index (χ2n) is 3.54.